The second-order valence-electron chi connectivity index (χ2n) is 5.49. The smallest absolute Gasteiger partial charge is 0.177 e. The summed E-state index contributed by atoms with van der Waals surface area (Å²) in [5.41, 5.74) is 9.24. The number of hydrogen-bond acceptors (Lipinski definition) is 4. The zero-order valence-electron chi connectivity index (χ0n) is 12.7. The lowest BCUT2D eigenvalue weighted by atomic mass is 9.84. The van der Waals surface area contributed by atoms with E-state index < -0.39 is 5.25 Å². The molecule has 23 heavy (non-hydrogen) atoms. The summed E-state index contributed by atoms with van der Waals surface area (Å²) in [6, 6.07) is 19.2. The van der Waals surface area contributed by atoms with Crippen molar-refractivity contribution < 1.29 is 4.79 Å². The van der Waals surface area contributed by atoms with Crippen molar-refractivity contribution in [3.63, 3.8) is 0 Å². The van der Waals surface area contributed by atoms with Crippen LogP contribution in [-0.2, 0) is 0 Å². The molecular formula is C19H16N2OS. The molecular weight excluding hydrogens is 304 g/mol. The van der Waals surface area contributed by atoms with Gasteiger partial charge in [0.05, 0.1) is 21.9 Å². The lowest BCUT2D eigenvalue weighted by Crippen LogP contribution is -2.23. The second-order valence-corrected chi connectivity index (χ2v) is 6.68. The summed E-state index contributed by atoms with van der Waals surface area (Å²) >= 11 is 1.30. The molecule has 114 valence electrons. The highest BCUT2D eigenvalue weighted by molar-refractivity contribution is 8.04. The van der Waals surface area contributed by atoms with Crippen LogP contribution in [0.15, 0.2) is 65.2 Å². The van der Waals surface area contributed by atoms with Crippen molar-refractivity contribution in [3.05, 3.63) is 81.9 Å². The Kier molecular flexibility index (Phi) is 4.22. The zero-order chi connectivity index (χ0) is 16.4. The molecule has 1 aliphatic rings. The SMILES string of the molecule is Cc1ccccc1[C@H]1C(C#N)=C(N)S[C@@H]1C(=O)c1ccccc1. The third-order valence-electron chi connectivity index (χ3n) is 4.09. The molecule has 3 rings (SSSR count). The zero-order valence-corrected chi connectivity index (χ0v) is 13.5. The fourth-order valence-corrected chi connectivity index (χ4v) is 4.16. The summed E-state index contributed by atoms with van der Waals surface area (Å²) in [6.45, 7) is 1.99. The van der Waals surface area contributed by atoms with Gasteiger partial charge in [0.15, 0.2) is 5.78 Å². The van der Waals surface area contributed by atoms with Gasteiger partial charge in [-0.2, -0.15) is 5.26 Å². The second kappa shape index (κ2) is 6.31. The first-order chi connectivity index (χ1) is 11.1. The molecule has 1 heterocycles. The monoisotopic (exact) mass is 320 g/mol. The van der Waals surface area contributed by atoms with E-state index in [0.717, 1.165) is 11.1 Å². The number of nitriles is 1. The number of benzene rings is 2. The third-order valence-corrected chi connectivity index (χ3v) is 5.31. The minimum absolute atomic E-state index is 0.0112. The van der Waals surface area contributed by atoms with Gasteiger partial charge in [0.1, 0.15) is 0 Å². The molecule has 2 aromatic rings. The maximum atomic E-state index is 12.9. The van der Waals surface area contributed by atoms with Gasteiger partial charge in [-0.3, -0.25) is 4.79 Å². The Hall–Kier alpha value is -2.51. The number of rotatable bonds is 3. The summed E-state index contributed by atoms with van der Waals surface area (Å²) in [5, 5.41) is 9.58. The quantitative estimate of drug-likeness (QED) is 0.874. The number of carbonyl (C=O) groups is 1. The standard InChI is InChI=1S/C19H16N2OS/c1-12-7-5-6-10-14(12)16-15(11-20)19(21)23-18(16)17(22)13-8-3-2-4-9-13/h2-10,16,18H,21H2,1H3/t16-,18-/m0/s1. The maximum Gasteiger partial charge on any atom is 0.177 e. The van der Waals surface area contributed by atoms with Crippen molar-refractivity contribution in [3.8, 4) is 6.07 Å². The van der Waals surface area contributed by atoms with Crippen molar-refractivity contribution in [1.29, 1.82) is 5.26 Å². The fraction of sp³-hybridized carbons (Fsp3) is 0.158. The summed E-state index contributed by atoms with van der Waals surface area (Å²) < 4.78 is 0. The molecule has 2 aromatic carbocycles. The number of hydrogen-bond donors (Lipinski definition) is 1. The Morgan fingerprint density at radius 2 is 1.78 bits per heavy atom. The van der Waals surface area contributed by atoms with E-state index in [1.807, 2.05) is 49.4 Å². The highest BCUT2D eigenvalue weighted by Crippen LogP contribution is 2.47. The summed E-state index contributed by atoms with van der Waals surface area (Å²) in [7, 11) is 0. The van der Waals surface area contributed by atoms with Crippen LogP contribution in [0.3, 0.4) is 0 Å². The van der Waals surface area contributed by atoms with Gasteiger partial charge in [-0.1, -0.05) is 66.4 Å². The summed E-state index contributed by atoms with van der Waals surface area (Å²) in [6.07, 6.45) is 0. The maximum absolute atomic E-state index is 12.9. The molecule has 3 nitrogen and oxygen atoms in total. The van der Waals surface area contributed by atoms with Gasteiger partial charge >= 0.3 is 0 Å². The van der Waals surface area contributed by atoms with Crippen molar-refractivity contribution in [2.45, 2.75) is 18.1 Å². The molecule has 0 bridgehead atoms. The highest BCUT2D eigenvalue weighted by atomic mass is 32.2. The molecule has 2 N–H and O–H groups in total. The first-order valence-electron chi connectivity index (χ1n) is 7.34. The molecule has 0 aliphatic carbocycles. The van der Waals surface area contributed by atoms with Crippen LogP contribution in [0.2, 0.25) is 0 Å². The van der Waals surface area contributed by atoms with Gasteiger partial charge in [-0.15, -0.1) is 0 Å². The number of aryl methyl sites for hydroxylation is 1. The van der Waals surface area contributed by atoms with Gasteiger partial charge in [0, 0.05) is 11.5 Å². The Balaban J connectivity index is 2.06. The Morgan fingerprint density at radius 3 is 2.43 bits per heavy atom. The first kappa shape index (κ1) is 15.4. The van der Waals surface area contributed by atoms with Crippen LogP contribution in [0, 0.1) is 18.3 Å². The van der Waals surface area contributed by atoms with Crippen LogP contribution in [-0.4, -0.2) is 11.0 Å². The number of nitrogens with zero attached hydrogens (tertiary/aromatic N) is 1. The van der Waals surface area contributed by atoms with E-state index in [0.29, 0.717) is 16.2 Å². The minimum atomic E-state index is -0.395. The van der Waals surface area contributed by atoms with Crippen LogP contribution >= 0.6 is 11.8 Å². The van der Waals surface area contributed by atoms with E-state index in [2.05, 4.69) is 6.07 Å². The van der Waals surface area contributed by atoms with E-state index in [4.69, 9.17) is 5.73 Å². The van der Waals surface area contributed by atoms with Crippen molar-refractivity contribution >= 4 is 17.5 Å². The molecule has 1 aliphatic heterocycles. The molecule has 0 spiro atoms. The molecule has 0 unspecified atom stereocenters. The number of Topliss-reactive ketones (excluding diaryl/α,β-unsaturated/α-hetero) is 1. The van der Waals surface area contributed by atoms with Crippen molar-refractivity contribution in [2.24, 2.45) is 5.73 Å². The molecule has 2 atom stereocenters. The topological polar surface area (TPSA) is 66.9 Å². The van der Waals surface area contributed by atoms with Gasteiger partial charge < -0.3 is 5.73 Å². The van der Waals surface area contributed by atoms with Crippen LogP contribution in [0.1, 0.15) is 27.4 Å². The number of allylic oxidation sites excluding steroid dienone is 1. The highest BCUT2D eigenvalue weighted by Gasteiger charge is 2.41. The van der Waals surface area contributed by atoms with E-state index in [9.17, 15) is 10.1 Å². The number of carbonyl (C=O) groups excluding carboxylic acids is 1. The van der Waals surface area contributed by atoms with E-state index in [1.165, 1.54) is 11.8 Å². The molecule has 0 saturated carbocycles. The molecule has 0 saturated heterocycles. The normalized spacial score (nSPS) is 20.3. The van der Waals surface area contributed by atoms with Gasteiger partial charge in [0.25, 0.3) is 0 Å². The van der Waals surface area contributed by atoms with Crippen LogP contribution in [0.25, 0.3) is 0 Å². The van der Waals surface area contributed by atoms with Crippen molar-refractivity contribution in [1.82, 2.24) is 0 Å². The molecule has 0 amide bonds. The molecule has 0 radical (unpaired) electrons. The van der Waals surface area contributed by atoms with Crippen molar-refractivity contribution in [2.75, 3.05) is 0 Å². The van der Waals surface area contributed by atoms with E-state index >= 15 is 0 Å². The third kappa shape index (κ3) is 2.76. The average Bonchev–Trinajstić information content (AvgIpc) is 2.91. The number of thioether (sulfide) groups is 1. The van der Waals surface area contributed by atoms with Gasteiger partial charge in [-0.05, 0) is 18.1 Å². The van der Waals surface area contributed by atoms with Crippen LogP contribution < -0.4 is 5.73 Å². The molecule has 0 aromatic heterocycles. The first-order valence-corrected chi connectivity index (χ1v) is 8.22. The van der Waals surface area contributed by atoms with Crippen LogP contribution in [0.4, 0.5) is 0 Å². The largest absolute Gasteiger partial charge is 0.393 e. The van der Waals surface area contributed by atoms with Gasteiger partial charge in [-0.25, -0.2) is 0 Å². The predicted octanol–water partition coefficient (Wildman–Crippen LogP) is 3.77. The fourth-order valence-electron chi connectivity index (χ4n) is 2.92. The number of nitrogens with two attached hydrogens (primary N) is 1. The molecule has 0 fully saturated rings. The van der Waals surface area contributed by atoms with E-state index in [-0.39, 0.29) is 11.7 Å². The lowest BCUT2D eigenvalue weighted by molar-refractivity contribution is 0.0985. The number of ketones is 1. The lowest BCUT2D eigenvalue weighted by Gasteiger charge is -2.20. The molecule has 4 heteroatoms. The van der Waals surface area contributed by atoms with Gasteiger partial charge in [0.2, 0.25) is 0 Å². The Labute approximate surface area is 139 Å². The van der Waals surface area contributed by atoms with Crippen LogP contribution in [0.5, 0.6) is 0 Å². The minimum Gasteiger partial charge on any atom is -0.393 e. The Morgan fingerprint density at radius 1 is 1.13 bits per heavy atom. The Bertz CT molecular complexity index is 821. The summed E-state index contributed by atoms with van der Waals surface area (Å²) in [5.74, 6) is -0.282. The average molecular weight is 320 g/mol. The predicted molar refractivity (Wildman–Crippen MR) is 92.9 cm³/mol. The summed E-state index contributed by atoms with van der Waals surface area (Å²) in [4.78, 5) is 12.9. The van der Waals surface area contributed by atoms with E-state index in [1.54, 1.807) is 12.1 Å².